The van der Waals surface area contributed by atoms with E-state index in [1.165, 1.54) is 0 Å². The first-order chi connectivity index (χ1) is 10.0. The van der Waals surface area contributed by atoms with Crippen LogP contribution < -0.4 is 11.1 Å². The van der Waals surface area contributed by atoms with Crippen LogP contribution >= 0.6 is 15.9 Å². The van der Waals surface area contributed by atoms with Crippen molar-refractivity contribution >= 4 is 27.5 Å². The molecule has 0 spiro atoms. The van der Waals surface area contributed by atoms with Gasteiger partial charge in [0.2, 0.25) is 5.91 Å². The molecule has 0 atom stereocenters. The van der Waals surface area contributed by atoms with Crippen LogP contribution in [0, 0.1) is 11.3 Å². The minimum Gasteiger partial charge on any atom is -0.329 e. The molecule has 1 saturated carbocycles. The van der Waals surface area contributed by atoms with E-state index in [1.54, 1.807) is 0 Å². The van der Waals surface area contributed by atoms with E-state index in [-0.39, 0.29) is 11.3 Å². The predicted octanol–water partition coefficient (Wildman–Crippen LogP) is 4.11. The Labute approximate surface area is 135 Å². The van der Waals surface area contributed by atoms with Crippen molar-refractivity contribution in [2.24, 2.45) is 17.1 Å². The van der Waals surface area contributed by atoms with Crippen molar-refractivity contribution in [2.45, 2.75) is 46.0 Å². The van der Waals surface area contributed by atoms with Crippen molar-refractivity contribution in [3.63, 3.8) is 0 Å². The summed E-state index contributed by atoms with van der Waals surface area (Å²) in [5.74, 6) is 0.797. The number of hydrogen-bond acceptors (Lipinski definition) is 2. The van der Waals surface area contributed by atoms with Gasteiger partial charge in [-0.25, -0.2) is 0 Å². The molecule has 0 aliphatic heterocycles. The van der Waals surface area contributed by atoms with Crippen molar-refractivity contribution in [2.75, 3.05) is 11.9 Å². The Kier molecular flexibility index (Phi) is 5.44. The molecule has 2 rings (SSSR count). The highest BCUT2D eigenvalue weighted by atomic mass is 79.9. The number of carbonyl (C=O) groups excluding carboxylic acids is 1. The second-order valence-electron chi connectivity index (χ2n) is 6.28. The molecule has 0 radical (unpaired) electrons. The van der Waals surface area contributed by atoms with Gasteiger partial charge in [-0.15, -0.1) is 0 Å². The fraction of sp³-hybridized carbons (Fsp3) is 0.588. The van der Waals surface area contributed by atoms with E-state index in [4.69, 9.17) is 5.73 Å². The molecule has 3 nitrogen and oxygen atoms in total. The Morgan fingerprint density at radius 3 is 2.67 bits per heavy atom. The van der Waals surface area contributed by atoms with Crippen LogP contribution in [0.5, 0.6) is 0 Å². The van der Waals surface area contributed by atoms with E-state index in [0.717, 1.165) is 47.8 Å². The fourth-order valence-electron chi connectivity index (χ4n) is 3.07. The molecule has 0 unspecified atom stereocenters. The molecule has 1 aromatic carbocycles. The summed E-state index contributed by atoms with van der Waals surface area (Å²) in [6.45, 7) is 4.78. The smallest absolute Gasteiger partial charge is 0.231 e. The lowest BCUT2D eigenvalue weighted by Gasteiger charge is -2.37. The van der Waals surface area contributed by atoms with E-state index >= 15 is 0 Å². The Balaban J connectivity index is 2.16. The maximum atomic E-state index is 12.8. The zero-order valence-electron chi connectivity index (χ0n) is 12.9. The van der Waals surface area contributed by atoms with Gasteiger partial charge in [0.1, 0.15) is 0 Å². The molecule has 0 bridgehead atoms. The summed E-state index contributed by atoms with van der Waals surface area (Å²) in [5, 5.41) is 3.13. The third-order valence-electron chi connectivity index (χ3n) is 4.80. The number of nitrogens with two attached hydrogens (primary N) is 1. The first-order valence-corrected chi connectivity index (χ1v) is 8.60. The first-order valence-electron chi connectivity index (χ1n) is 7.80. The van der Waals surface area contributed by atoms with E-state index in [0.29, 0.717) is 12.5 Å². The van der Waals surface area contributed by atoms with Crippen molar-refractivity contribution in [3.05, 3.63) is 28.2 Å². The molecule has 1 aliphatic carbocycles. The van der Waals surface area contributed by atoms with Gasteiger partial charge in [-0.3, -0.25) is 4.79 Å². The molecular formula is C17H25BrN2O. The van der Waals surface area contributed by atoms with Crippen LogP contribution in [0.15, 0.2) is 22.7 Å². The second-order valence-corrected chi connectivity index (χ2v) is 7.19. The number of hydrogen-bond donors (Lipinski definition) is 2. The van der Waals surface area contributed by atoms with Gasteiger partial charge in [0, 0.05) is 16.7 Å². The lowest BCUT2D eigenvalue weighted by Crippen LogP contribution is -2.45. The van der Waals surface area contributed by atoms with Crippen molar-refractivity contribution < 1.29 is 4.79 Å². The number of halogens is 1. The highest BCUT2D eigenvalue weighted by molar-refractivity contribution is 9.10. The Morgan fingerprint density at radius 2 is 2.10 bits per heavy atom. The number of carbonyl (C=O) groups is 1. The third-order valence-corrected chi connectivity index (χ3v) is 5.29. The number of aryl methyl sites for hydroxylation is 1. The average Bonchev–Trinajstić information content (AvgIpc) is 2.50. The predicted molar refractivity (Wildman–Crippen MR) is 91.3 cm³/mol. The van der Waals surface area contributed by atoms with Crippen LogP contribution in [-0.4, -0.2) is 12.5 Å². The normalized spacial score (nSPS) is 25.6. The molecule has 1 aliphatic rings. The summed E-state index contributed by atoms with van der Waals surface area (Å²) < 4.78 is 1.04. The first kappa shape index (κ1) is 16.5. The van der Waals surface area contributed by atoms with Gasteiger partial charge in [-0.2, -0.15) is 0 Å². The van der Waals surface area contributed by atoms with Crippen LogP contribution in [-0.2, 0) is 11.2 Å². The van der Waals surface area contributed by atoms with Crippen LogP contribution in [0.3, 0.4) is 0 Å². The highest BCUT2D eigenvalue weighted by Crippen LogP contribution is 2.39. The molecule has 0 aromatic heterocycles. The number of benzene rings is 1. The van der Waals surface area contributed by atoms with Gasteiger partial charge in [0.15, 0.2) is 0 Å². The standard InChI is InChI=1S/C17H25BrN2O/c1-3-13-10-14(18)4-5-15(13)20-16(21)17(11-19)8-6-12(2)7-9-17/h4-5,10,12H,3,6-9,11,19H2,1-2H3,(H,20,21). The largest absolute Gasteiger partial charge is 0.329 e. The fourth-order valence-corrected chi connectivity index (χ4v) is 3.48. The molecule has 1 amide bonds. The number of amides is 1. The van der Waals surface area contributed by atoms with E-state index in [9.17, 15) is 4.79 Å². The lowest BCUT2D eigenvalue weighted by atomic mass is 9.70. The quantitative estimate of drug-likeness (QED) is 0.856. The SMILES string of the molecule is CCc1cc(Br)ccc1NC(=O)C1(CN)CCC(C)CC1. The molecule has 0 heterocycles. The zero-order valence-corrected chi connectivity index (χ0v) is 14.5. The summed E-state index contributed by atoms with van der Waals surface area (Å²) in [5.41, 5.74) is 7.64. The Hall–Kier alpha value is -0.870. The average molecular weight is 353 g/mol. The third kappa shape index (κ3) is 3.67. The van der Waals surface area contributed by atoms with Crippen LogP contribution in [0.2, 0.25) is 0 Å². The minimum atomic E-state index is -0.384. The monoisotopic (exact) mass is 352 g/mol. The van der Waals surface area contributed by atoms with E-state index in [1.807, 2.05) is 12.1 Å². The van der Waals surface area contributed by atoms with Gasteiger partial charge >= 0.3 is 0 Å². The molecule has 0 saturated heterocycles. The van der Waals surface area contributed by atoms with Gasteiger partial charge in [-0.1, -0.05) is 29.8 Å². The van der Waals surface area contributed by atoms with Gasteiger partial charge < -0.3 is 11.1 Å². The molecule has 116 valence electrons. The molecule has 3 N–H and O–H groups in total. The Morgan fingerprint density at radius 1 is 1.43 bits per heavy atom. The zero-order chi connectivity index (χ0) is 15.5. The van der Waals surface area contributed by atoms with Crippen molar-refractivity contribution in [1.29, 1.82) is 0 Å². The summed E-state index contributed by atoms with van der Waals surface area (Å²) in [4.78, 5) is 12.8. The molecule has 1 aromatic rings. The highest BCUT2D eigenvalue weighted by Gasteiger charge is 2.39. The van der Waals surface area contributed by atoms with Crippen molar-refractivity contribution in [3.8, 4) is 0 Å². The maximum Gasteiger partial charge on any atom is 0.231 e. The minimum absolute atomic E-state index is 0.0916. The molecular weight excluding hydrogens is 328 g/mol. The van der Waals surface area contributed by atoms with Gasteiger partial charge in [0.25, 0.3) is 0 Å². The number of nitrogens with one attached hydrogen (secondary N) is 1. The lowest BCUT2D eigenvalue weighted by molar-refractivity contribution is -0.127. The molecule has 21 heavy (non-hydrogen) atoms. The van der Waals surface area contributed by atoms with E-state index in [2.05, 4.69) is 41.2 Å². The summed E-state index contributed by atoms with van der Waals surface area (Å²) >= 11 is 3.48. The van der Waals surface area contributed by atoms with E-state index < -0.39 is 0 Å². The maximum absolute atomic E-state index is 12.8. The summed E-state index contributed by atoms with van der Waals surface area (Å²) in [6.07, 6.45) is 4.86. The topological polar surface area (TPSA) is 55.1 Å². The summed E-state index contributed by atoms with van der Waals surface area (Å²) in [6, 6.07) is 6.00. The molecule has 4 heteroatoms. The molecule has 1 fully saturated rings. The number of anilines is 1. The summed E-state index contributed by atoms with van der Waals surface area (Å²) in [7, 11) is 0. The van der Waals surface area contributed by atoms with Crippen LogP contribution in [0.4, 0.5) is 5.69 Å². The van der Waals surface area contributed by atoms with Gasteiger partial charge in [0.05, 0.1) is 5.41 Å². The second kappa shape index (κ2) is 6.93. The number of rotatable bonds is 4. The van der Waals surface area contributed by atoms with Crippen LogP contribution in [0.25, 0.3) is 0 Å². The van der Waals surface area contributed by atoms with Crippen LogP contribution in [0.1, 0.15) is 45.1 Å². The van der Waals surface area contributed by atoms with Crippen molar-refractivity contribution in [1.82, 2.24) is 0 Å². The Bertz CT molecular complexity index is 508. The van der Waals surface area contributed by atoms with Gasteiger partial charge in [-0.05, 0) is 61.8 Å².